The maximum absolute atomic E-state index is 10.9. The lowest BCUT2D eigenvalue weighted by atomic mass is 10.1. The molecule has 2 aromatic rings. The Morgan fingerprint density at radius 3 is 2.35 bits per heavy atom. The van der Waals surface area contributed by atoms with Crippen LogP contribution in [0.3, 0.4) is 0 Å². The molecule has 0 saturated carbocycles. The predicted octanol–water partition coefficient (Wildman–Crippen LogP) is 4.23. The summed E-state index contributed by atoms with van der Waals surface area (Å²) in [6.07, 6.45) is 7.48. The van der Waals surface area contributed by atoms with Crippen LogP contribution in [0, 0.1) is 0 Å². The second-order valence-corrected chi connectivity index (χ2v) is 5.75. The number of aldehydes is 1. The third kappa shape index (κ3) is 6.51. The Balaban J connectivity index is 1.65. The first-order valence-electron chi connectivity index (χ1n) is 8.66. The molecule has 0 bridgehead atoms. The average molecular weight is 353 g/mol. The third-order valence-corrected chi connectivity index (χ3v) is 3.80. The van der Waals surface area contributed by atoms with E-state index in [-0.39, 0.29) is 5.97 Å². The Labute approximate surface area is 153 Å². The lowest BCUT2D eigenvalue weighted by molar-refractivity contribution is -0.137. The highest BCUT2D eigenvalue weighted by Gasteiger charge is 2.01. The van der Waals surface area contributed by atoms with E-state index in [1.165, 1.54) is 6.08 Å². The molecule has 0 aliphatic rings. The van der Waals surface area contributed by atoms with Crippen molar-refractivity contribution < 1.29 is 19.1 Å². The summed E-state index contributed by atoms with van der Waals surface area (Å²) in [7, 11) is 0. The van der Waals surface area contributed by atoms with E-state index >= 15 is 0 Å². The maximum atomic E-state index is 10.9. The summed E-state index contributed by atoms with van der Waals surface area (Å²) in [5, 5.41) is 0. The molecule has 26 heavy (non-hydrogen) atoms. The second-order valence-electron chi connectivity index (χ2n) is 5.75. The maximum Gasteiger partial charge on any atom is 0.330 e. The van der Waals surface area contributed by atoms with Crippen LogP contribution < -0.4 is 4.74 Å². The van der Waals surface area contributed by atoms with Crippen molar-refractivity contribution in [1.29, 1.82) is 0 Å². The van der Waals surface area contributed by atoms with Crippen LogP contribution in [0.1, 0.15) is 36.0 Å². The molecule has 1 aromatic heterocycles. The smallest absolute Gasteiger partial charge is 0.330 e. The Kier molecular flexibility index (Phi) is 8.06. The van der Waals surface area contributed by atoms with Gasteiger partial charge >= 0.3 is 5.97 Å². The molecular weight excluding hydrogens is 330 g/mol. The molecule has 1 aromatic carbocycles. The molecule has 0 saturated heterocycles. The summed E-state index contributed by atoms with van der Waals surface area (Å²) >= 11 is 0. The lowest BCUT2D eigenvalue weighted by Crippen LogP contribution is -2.02. The molecule has 5 nitrogen and oxygen atoms in total. The van der Waals surface area contributed by atoms with E-state index in [1.807, 2.05) is 24.3 Å². The highest BCUT2D eigenvalue weighted by atomic mass is 16.5. The molecule has 0 amide bonds. The van der Waals surface area contributed by atoms with Crippen molar-refractivity contribution in [3.8, 4) is 17.0 Å². The van der Waals surface area contributed by atoms with Gasteiger partial charge in [0.15, 0.2) is 0 Å². The fourth-order valence-electron chi connectivity index (χ4n) is 2.35. The summed E-state index contributed by atoms with van der Waals surface area (Å²) in [4.78, 5) is 25.9. The number of ether oxygens (including phenoxy) is 2. The number of esters is 1. The first kappa shape index (κ1) is 19.4. The average Bonchev–Trinajstić information content (AvgIpc) is 2.70. The van der Waals surface area contributed by atoms with Crippen LogP contribution in [0.25, 0.3) is 11.3 Å². The van der Waals surface area contributed by atoms with Gasteiger partial charge in [0.25, 0.3) is 0 Å². The molecule has 0 aliphatic carbocycles. The Bertz CT molecular complexity index is 708. The number of carbonyl (C=O) groups is 2. The number of nitrogens with zero attached hydrogens (tertiary/aromatic N) is 1. The van der Waals surface area contributed by atoms with Crippen molar-refractivity contribution in [3.05, 3.63) is 60.8 Å². The van der Waals surface area contributed by atoms with Gasteiger partial charge in [-0.2, -0.15) is 0 Å². The summed E-state index contributed by atoms with van der Waals surface area (Å²) in [6, 6.07) is 11.1. The predicted molar refractivity (Wildman–Crippen MR) is 100 cm³/mol. The van der Waals surface area contributed by atoms with Gasteiger partial charge in [-0.15, -0.1) is 0 Å². The first-order valence-corrected chi connectivity index (χ1v) is 8.66. The van der Waals surface area contributed by atoms with Gasteiger partial charge in [0.2, 0.25) is 0 Å². The monoisotopic (exact) mass is 353 g/mol. The van der Waals surface area contributed by atoms with Crippen LogP contribution in [0.2, 0.25) is 0 Å². The van der Waals surface area contributed by atoms with Gasteiger partial charge in [-0.25, -0.2) is 4.79 Å². The Morgan fingerprint density at radius 1 is 1.00 bits per heavy atom. The molecule has 2 rings (SSSR count). The van der Waals surface area contributed by atoms with Crippen LogP contribution in [-0.2, 0) is 9.53 Å². The zero-order valence-corrected chi connectivity index (χ0v) is 14.7. The number of benzene rings is 1. The summed E-state index contributed by atoms with van der Waals surface area (Å²) < 4.78 is 10.6. The SMILES string of the molecule is C=CC(=O)OCCCCCCOc1ccc(-c2ccc(C=O)cc2)nc1. The minimum Gasteiger partial charge on any atom is -0.492 e. The molecule has 0 N–H and O–H groups in total. The molecule has 0 aliphatic heterocycles. The van der Waals surface area contributed by atoms with Gasteiger partial charge in [-0.05, 0) is 37.8 Å². The fraction of sp³-hybridized carbons (Fsp3) is 0.286. The fourth-order valence-corrected chi connectivity index (χ4v) is 2.35. The molecule has 136 valence electrons. The molecule has 0 unspecified atom stereocenters. The third-order valence-electron chi connectivity index (χ3n) is 3.80. The van der Waals surface area contributed by atoms with Crippen LogP contribution in [0.5, 0.6) is 5.75 Å². The van der Waals surface area contributed by atoms with E-state index in [9.17, 15) is 9.59 Å². The van der Waals surface area contributed by atoms with Crippen LogP contribution in [-0.4, -0.2) is 30.5 Å². The number of carbonyl (C=O) groups excluding carboxylic acids is 2. The number of pyridine rings is 1. The van der Waals surface area contributed by atoms with Crippen molar-refractivity contribution in [3.63, 3.8) is 0 Å². The summed E-state index contributed by atoms with van der Waals surface area (Å²) in [6.45, 7) is 4.41. The van der Waals surface area contributed by atoms with Gasteiger partial charge in [-0.1, -0.05) is 30.8 Å². The van der Waals surface area contributed by atoms with E-state index < -0.39 is 0 Å². The van der Waals surface area contributed by atoms with Crippen molar-refractivity contribution in [2.45, 2.75) is 25.7 Å². The van der Waals surface area contributed by atoms with E-state index in [1.54, 1.807) is 18.3 Å². The molecule has 0 fully saturated rings. The largest absolute Gasteiger partial charge is 0.492 e. The van der Waals surface area contributed by atoms with Crippen LogP contribution >= 0.6 is 0 Å². The molecule has 0 spiro atoms. The van der Waals surface area contributed by atoms with E-state index in [0.29, 0.717) is 18.8 Å². The molecule has 0 atom stereocenters. The lowest BCUT2D eigenvalue weighted by Gasteiger charge is -2.07. The quantitative estimate of drug-likeness (QED) is 0.262. The number of unbranched alkanes of at least 4 members (excludes halogenated alkanes) is 3. The molecule has 0 radical (unpaired) electrons. The topological polar surface area (TPSA) is 65.5 Å². The van der Waals surface area contributed by atoms with Gasteiger partial charge in [0.05, 0.1) is 25.1 Å². The number of hydrogen-bond donors (Lipinski definition) is 0. The standard InChI is InChI=1S/C21H23NO4/c1-2-21(24)26-14-6-4-3-5-13-25-19-11-12-20(22-15-19)18-9-7-17(16-23)8-10-18/h2,7-12,15-16H,1,3-6,13-14H2. The van der Waals surface area contributed by atoms with Gasteiger partial charge in [-0.3, -0.25) is 9.78 Å². The van der Waals surface area contributed by atoms with Crippen molar-refractivity contribution >= 4 is 12.3 Å². The van der Waals surface area contributed by atoms with E-state index in [0.717, 1.165) is 49.0 Å². The Hall–Kier alpha value is -2.95. The van der Waals surface area contributed by atoms with Gasteiger partial charge < -0.3 is 9.47 Å². The van der Waals surface area contributed by atoms with Crippen molar-refractivity contribution in [2.24, 2.45) is 0 Å². The van der Waals surface area contributed by atoms with Gasteiger partial charge in [0.1, 0.15) is 12.0 Å². The highest BCUT2D eigenvalue weighted by Crippen LogP contribution is 2.20. The van der Waals surface area contributed by atoms with Crippen LogP contribution in [0.4, 0.5) is 0 Å². The highest BCUT2D eigenvalue weighted by molar-refractivity contribution is 5.81. The zero-order chi connectivity index (χ0) is 18.6. The Morgan fingerprint density at radius 2 is 1.73 bits per heavy atom. The van der Waals surface area contributed by atoms with Crippen molar-refractivity contribution in [2.75, 3.05) is 13.2 Å². The van der Waals surface area contributed by atoms with Gasteiger partial charge in [0, 0.05) is 17.2 Å². The zero-order valence-electron chi connectivity index (χ0n) is 14.7. The normalized spacial score (nSPS) is 10.2. The van der Waals surface area contributed by atoms with Crippen molar-refractivity contribution in [1.82, 2.24) is 4.98 Å². The summed E-state index contributed by atoms with van der Waals surface area (Å²) in [5.74, 6) is 0.363. The molecule has 5 heteroatoms. The van der Waals surface area contributed by atoms with E-state index in [2.05, 4.69) is 11.6 Å². The van der Waals surface area contributed by atoms with Crippen LogP contribution in [0.15, 0.2) is 55.3 Å². The molecular formula is C21H23NO4. The minimum atomic E-state index is -0.371. The second kappa shape index (κ2) is 10.8. The molecule has 1 heterocycles. The summed E-state index contributed by atoms with van der Waals surface area (Å²) in [5.41, 5.74) is 2.44. The minimum absolute atomic E-state index is 0.371. The number of rotatable bonds is 11. The number of hydrogen-bond acceptors (Lipinski definition) is 5. The first-order chi connectivity index (χ1) is 12.7. The van der Waals surface area contributed by atoms with E-state index in [4.69, 9.17) is 9.47 Å². The number of aromatic nitrogens is 1.